The molecule has 0 radical (unpaired) electrons. The van der Waals surface area contributed by atoms with Gasteiger partial charge in [0.15, 0.2) is 0 Å². The van der Waals surface area contributed by atoms with Gasteiger partial charge in [-0.1, -0.05) is 13.2 Å². The van der Waals surface area contributed by atoms with E-state index in [1.54, 1.807) is 0 Å². The number of carbonyl (C=O) groups is 4. The molecule has 0 aliphatic rings. The molecule has 0 heterocycles. The van der Waals surface area contributed by atoms with Crippen LogP contribution in [0, 0.1) is 0 Å². The van der Waals surface area contributed by atoms with Gasteiger partial charge in [-0.05, 0) is 13.8 Å². The van der Waals surface area contributed by atoms with E-state index in [0.29, 0.717) is 0 Å². The lowest BCUT2D eigenvalue weighted by Gasteiger charge is -2.12. The molecule has 2 atom stereocenters. The van der Waals surface area contributed by atoms with Crippen molar-refractivity contribution in [3.05, 3.63) is 24.3 Å². The number of rotatable bonds is 15. The van der Waals surface area contributed by atoms with Crippen LogP contribution < -0.4 is 0 Å². The van der Waals surface area contributed by atoms with E-state index in [4.69, 9.17) is 18.9 Å². The zero-order chi connectivity index (χ0) is 23.1. The molecule has 10 nitrogen and oxygen atoms in total. The summed E-state index contributed by atoms with van der Waals surface area (Å²) in [5.74, 6) is -2.57. The normalized spacial score (nSPS) is 12.3. The fourth-order valence-electron chi connectivity index (χ4n) is 1.72. The number of ether oxygens (including phenoxy) is 4. The lowest BCUT2D eigenvalue weighted by Crippen LogP contribution is -2.23. The Bertz CT molecular complexity index is 571. The van der Waals surface area contributed by atoms with Crippen LogP contribution in [0.2, 0.25) is 0 Å². The highest BCUT2D eigenvalue weighted by Gasteiger charge is 2.14. The molecule has 2 N–H and O–H groups in total. The van der Waals surface area contributed by atoms with Gasteiger partial charge in [-0.2, -0.15) is 0 Å². The standard InChI is InChI=1S/C20H30O10/c1-13(2)19(25)27-9-7-15(21)11-29-17(23)5-6-18(24)30-12-16(22)8-10-28-20(26)14(3)4/h15-16,21-22H,1,3,5-12H2,2,4H3. The molecule has 0 aliphatic heterocycles. The van der Waals surface area contributed by atoms with Crippen LogP contribution in [0.4, 0.5) is 0 Å². The Hall–Kier alpha value is -2.72. The van der Waals surface area contributed by atoms with Gasteiger partial charge in [-0.3, -0.25) is 9.59 Å². The maximum atomic E-state index is 11.6. The van der Waals surface area contributed by atoms with Gasteiger partial charge in [0.1, 0.15) is 13.2 Å². The summed E-state index contributed by atoms with van der Waals surface area (Å²) in [6, 6.07) is 0. The minimum absolute atomic E-state index is 0.0501. The molecule has 0 aliphatic carbocycles. The van der Waals surface area contributed by atoms with Crippen LogP contribution in [-0.4, -0.2) is 72.7 Å². The second kappa shape index (κ2) is 15.2. The van der Waals surface area contributed by atoms with Crippen LogP contribution in [0.3, 0.4) is 0 Å². The summed E-state index contributed by atoms with van der Waals surface area (Å²) >= 11 is 0. The summed E-state index contributed by atoms with van der Waals surface area (Å²) in [6.07, 6.45) is -2.41. The van der Waals surface area contributed by atoms with Crippen molar-refractivity contribution in [3.63, 3.8) is 0 Å². The largest absolute Gasteiger partial charge is 0.463 e. The maximum Gasteiger partial charge on any atom is 0.333 e. The topological polar surface area (TPSA) is 146 Å². The van der Waals surface area contributed by atoms with Crippen molar-refractivity contribution in [1.29, 1.82) is 0 Å². The molecule has 0 aromatic carbocycles. The van der Waals surface area contributed by atoms with E-state index < -0.39 is 36.1 Å². The van der Waals surface area contributed by atoms with E-state index in [1.807, 2.05) is 0 Å². The van der Waals surface area contributed by atoms with Gasteiger partial charge in [0, 0.05) is 24.0 Å². The highest BCUT2D eigenvalue weighted by atomic mass is 16.6. The Labute approximate surface area is 175 Å². The van der Waals surface area contributed by atoms with Crippen molar-refractivity contribution in [2.45, 2.75) is 51.7 Å². The number of hydrogen-bond acceptors (Lipinski definition) is 10. The van der Waals surface area contributed by atoms with Crippen molar-refractivity contribution in [1.82, 2.24) is 0 Å². The second-order valence-corrected chi connectivity index (χ2v) is 6.58. The molecule has 0 spiro atoms. The van der Waals surface area contributed by atoms with Crippen LogP contribution in [0.1, 0.15) is 39.5 Å². The van der Waals surface area contributed by atoms with E-state index >= 15 is 0 Å². The molecular weight excluding hydrogens is 400 g/mol. The molecule has 0 amide bonds. The Morgan fingerprint density at radius 2 is 1.03 bits per heavy atom. The smallest absolute Gasteiger partial charge is 0.333 e. The van der Waals surface area contributed by atoms with Crippen molar-refractivity contribution in [3.8, 4) is 0 Å². The zero-order valence-corrected chi connectivity index (χ0v) is 17.4. The van der Waals surface area contributed by atoms with Crippen LogP contribution in [0.15, 0.2) is 24.3 Å². The van der Waals surface area contributed by atoms with Gasteiger partial charge in [0.2, 0.25) is 0 Å². The van der Waals surface area contributed by atoms with E-state index in [2.05, 4.69) is 13.2 Å². The number of esters is 4. The van der Waals surface area contributed by atoms with Crippen molar-refractivity contribution in [2.24, 2.45) is 0 Å². The summed E-state index contributed by atoms with van der Waals surface area (Å²) in [7, 11) is 0. The highest BCUT2D eigenvalue weighted by molar-refractivity contribution is 5.87. The van der Waals surface area contributed by atoms with Crippen molar-refractivity contribution in [2.75, 3.05) is 26.4 Å². The minimum atomic E-state index is -1.02. The fourth-order valence-corrected chi connectivity index (χ4v) is 1.72. The Morgan fingerprint density at radius 1 is 0.700 bits per heavy atom. The van der Waals surface area contributed by atoms with E-state index in [1.165, 1.54) is 13.8 Å². The predicted octanol–water partition coefficient (Wildman–Crippen LogP) is 0.594. The molecule has 0 fully saturated rings. The lowest BCUT2D eigenvalue weighted by molar-refractivity contribution is -0.154. The highest BCUT2D eigenvalue weighted by Crippen LogP contribution is 2.02. The van der Waals surface area contributed by atoms with E-state index in [-0.39, 0.29) is 63.3 Å². The SMILES string of the molecule is C=C(C)C(=O)OCCC(O)COC(=O)CCC(=O)OCC(O)CCOC(=O)C(=C)C. The quantitative estimate of drug-likeness (QED) is 0.215. The third kappa shape index (κ3) is 14.3. The van der Waals surface area contributed by atoms with E-state index in [0.717, 1.165) is 0 Å². The summed E-state index contributed by atoms with van der Waals surface area (Å²) in [6.45, 7) is 9.11. The Balaban J connectivity index is 3.83. The summed E-state index contributed by atoms with van der Waals surface area (Å²) in [4.78, 5) is 45.5. The Kier molecular flexibility index (Phi) is 13.8. The number of carbonyl (C=O) groups excluding carboxylic acids is 4. The fraction of sp³-hybridized carbons (Fsp3) is 0.600. The lowest BCUT2D eigenvalue weighted by atomic mass is 10.2. The van der Waals surface area contributed by atoms with Gasteiger partial charge in [0.05, 0.1) is 38.3 Å². The van der Waals surface area contributed by atoms with Gasteiger partial charge in [-0.25, -0.2) is 9.59 Å². The molecule has 0 aromatic heterocycles. The van der Waals surface area contributed by atoms with Gasteiger partial charge < -0.3 is 29.2 Å². The van der Waals surface area contributed by atoms with Crippen molar-refractivity contribution >= 4 is 23.9 Å². The molecular formula is C20H30O10. The van der Waals surface area contributed by atoms with Gasteiger partial charge >= 0.3 is 23.9 Å². The molecule has 0 rings (SSSR count). The average molecular weight is 430 g/mol. The van der Waals surface area contributed by atoms with Gasteiger partial charge in [0.25, 0.3) is 0 Å². The molecule has 2 unspecified atom stereocenters. The Morgan fingerprint density at radius 3 is 1.33 bits per heavy atom. The first kappa shape index (κ1) is 27.3. The van der Waals surface area contributed by atoms with Crippen molar-refractivity contribution < 1.29 is 48.3 Å². The first-order valence-corrected chi connectivity index (χ1v) is 9.35. The van der Waals surface area contributed by atoms with Crippen LogP contribution in [0.25, 0.3) is 0 Å². The van der Waals surface area contributed by atoms with E-state index in [9.17, 15) is 29.4 Å². The average Bonchev–Trinajstić information content (AvgIpc) is 2.68. The molecule has 170 valence electrons. The van der Waals surface area contributed by atoms with Gasteiger partial charge in [-0.15, -0.1) is 0 Å². The monoisotopic (exact) mass is 430 g/mol. The summed E-state index contributed by atoms with van der Waals surface area (Å²) in [5.41, 5.74) is 0.475. The molecule has 0 saturated heterocycles. The number of aliphatic hydroxyl groups is 2. The molecule has 0 saturated carbocycles. The first-order chi connectivity index (χ1) is 14.0. The second-order valence-electron chi connectivity index (χ2n) is 6.58. The molecule has 10 heteroatoms. The molecule has 30 heavy (non-hydrogen) atoms. The van der Waals surface area contributed by atoms with Crippen LogP contribution in [-0.2, 0) is 38.1 Å². The zero-order valence-electron chi connectivity index (χ0n) is 17.4. The number of aliphatic hydroxyl groups excluding tert-OH is 2. The molecule has 0 aromatic rings. The summed E-state index contributed by atoms with van der Waals surface area (Å²) in [5, 5.41) is 19.3. The third-order valence-electron chi connectivity index (χ3n) is 3.47. The third-order valence-corrected chi connectivity index (χ3v) is 3.47. The van der Waals surface area contributed by atoms with Crippen LogP contribution in [0.5, 0.6) is 0 Å². The minimum Gasteiger partial charge on any atom is -0.463 e. The van der Waals surface area contributed by atoms with Crippen LogP contribution >= 0.6 is 0 Å². The summed E-state index contributed by atoms with van der Waals surface area (Å²) < 4.78 is 19.2. The predicted molar refractivity (Wildman–Crippen MR) is 104 cm³/mol. The number of hydrogen-bond donors (Lipinski definition) is 2. The first-order valence-electron chi connectivity index (χ1n) is 9.35. The molecule has 0 bridgehead atoms. The maximum absolute atomic E-state index is 11.6.